The van der Waals surface area contributed by atoms with E-state index in [-0.39, 0.29) is 0 Å². The van der Waals surface area contributed by atoms with Crippen LogP contribution in [0.15, 0.2) is 0 Å². The van der Waals surface area contributed by atoms with E-state index < -0.39 is 16.1 Å². The minimum Gasteiger partial charge on any atom is -0.0694 e. The Balaban J connectivity index is 5.28. The molecule has 0 radical (unpaired) electrons. The van der Waals surface area contributed by atoms with Crippen LogP contribution in [-0.2, 0) is 0 Å². The summed E-state index contributed by atoms with van der Waals surface area (Å²) in [6.07, 6.45) is 5.70. The van der Waals surface area contributed by atoms with Gasteiger partial charge in [-0.3, -0.25) is 0 Å². The number of hydrogen-bond acceptors (Lipinski definition) is 0. The molecular formula is C13H32Si2. The molecule has 0 N–H and O–H groups in total. The summed E-state index contributed by atoms with van der Waals surface area (Å²) in [5, 5.41) is 0. The highest BCUT2D eigenvalue weighted by Gasteiger charge is 2.50. The van der Waals surface area contributed by atoms with Crippen molar-refractivity contribution in [3.8, 4) is 0 Å². The van der Waals surface area contributed by atoms with Gasteiger partial charge in [0.15, 0.2) is 0 Å². The summed E-state index contributed by atoms with van der Waals surface area (Å²) >= 11 is 0. The molecule has 0 heterocycles. The summed E-state index contributed by atoms with van der Waals surface area (Å²) in [5.41, 5.74) is 0. The third kappa shape index (κ3) is 3.19. The third-order valence-electron chi connectivity index (χ3n) is 4.22. The van der Waals surface area contributed by atoms with Crippen LogP contribution in [-0.4, -0.2) is 16.1 Å². The first-order valence-corrected chi connectivity index (χ1v) is 13.6. The van der Waals surface area contributed by atoms with Crippen molar-refractivity contribution in [3.05, 3.63) is 0 Å². The number of hydrogen-bond donors (Lipinski definition) is 0. The van der Waals surface area contributed by atoms with E-state index in [0.717, 1.165) is 4.66 Å². The molecule has 0 aromatic heterocycles. The van der Waals surface area contributed by atoms with Crippen LogP contribution in [0.5, 0.6) is 0 Å². The fourth-order valence-electron chi connectivity index (χ4n) is 3.60. The minimum absolute atomic E-state index is 0.753. The summed E-state index contributed by atoms with van der Waals surface area (Å²) in [6.45, 7) is 20.3. The molecule has 0 rings (SSSR count). The SMILES string of the molecule is CCCC(CCC)([Si](C)(C)C)[Si](C)(C)C. The quantitative estimate of drug-likeness (QED) is 0.538. The van der Waals surface area contributed by atoms with E-state index in [1.165, 1.54) is 25.7 Å². The highest BCUT2D eigenvalue weighted by molar-refractivity contribution is 6.98. The molecule has 0 nitrogen and oxygen atoms in total. The van der Waals surface area contributed by atoms with E-state index in [1.807, 2.05) is 0 Å². The lowest BCUT2D eigenvalue weighted by Gasteiger charge is -2.52. The van der Waals surface area contributed by atoms with Crippen molar-refractivity contribution >= 4 is 16.1 Å². The molecule has 0 atom stereocenters. The second-order valence-electron chi connectivity index (χ2n) is 7.08. The lowest BCUT2D eigenvalue weighted by molar-refractivity contribution is 0.560. The van der Waals surface area contributed by atoms with Crippen molar-refractivity contribution in [1.82, 2.24) is 0 Å². The zero-order valence-corrected chi connectivity index (χ0v) is 14.3. The van der Waals surface area contributed by atoms with Gasteiger partial charge in [-0.05, 0) is 4.66 Å². The summed E-state index contributed by atoms with van der Waals surface area (Å²) < 4.78 is 0.753. The Hall–Kier alpha value is 0.434. The van der Waals surface area contributed by atoms with E-state index in [4.69, 9.17) is 0 Å². The molecular weight excluding hydrogens is 212 g/mol. The Kier molecular flexibility index (Phi) is 5.33. The molecule has 0 bridgehead atoms. The second kappa shape index (κ2) is 5.18. The molecule has 0 fully saturated rings. The van der Waals surface area contributed by atoms with Crippen LogP contribution in [0.1, 0.15) is 39.5 Å². The number of rotatable bonds is 6. The molecule has 0 aromatic rings. The smallest absolute Gasteiger partial charge is 0.0478 e. The maximum atomic E-state index is 2.59. The van der Waals surface area contributed by atoms with E-state index in [0.29, 0.717) is 0 Å². The molecule has 0 spiro atoms. The average Bonchev–Trinajstić information content (AvgIpc) is 1.99. The molecule has 0 aromatic carbocycles. The van der Waals surface area contributed by atoms with Crippen LogP contribution in [0.4, 0.5) is 0 Å². The van der Waals surface area contributed by atoms with Crippen molar-refractivity contribution in [2.24, 2.45) is 0 Å². The molecule has 0 aliphatic rings. The van der Waals surface area contributed by atoms with Gasteiger partial charge in [-0.25, -0.2) is 0 Å². The lowest BCUT2D eigenvalue weighted by Crippen LogP contribution is -2.54. The van der Waals surface area contributed by atoms with Gasteiger partial charge in [0.1, 0.15) is 0 Å². The molecule has 0 saturated carbocycles. The predicted octanol–water partition coefficient (Wildman–Crippen LogP) is 5.54. The van der Waals surface area contributed by atoms with Crippen LogP contribution in [0.2, 0.25) is 43.9 Å². The van der Waals surface area contributed by atoms with E-state index >= 15 is 0 Å². The summed E-state index contributed by atoms with van der Waals surface area (Å²) in [5.74, 6) is 0. The van der Waals surface area contributed by atoms with Crippen LogP contribution >= 0.6 is 0 Å². The molecule has 0 unspecified atom stereocenters. The van der Waals surface area contributed by atoms with Crippen molar-refractivity contribution in [2.45, 2.75) is 83.5 Å². The fraction of sp³-hybridized carbons (Fsp3) is 1.00. The predicted molar refractivity (Wildman–Crippen MR) is 79.2 cm³/mol. The van der Waals surface area contributed by atoms with Crippen molar-refractivity contribution in [2.75, 3.05) is 0 Å². The van der Waals surface area contributed by atoms with E-state index in [1.54, 1.807) is 0 Å². The summed E-state index contributed by atoms with van der Waals surface area (Å²) in [6, 6.07) is 0. The van der Waals surface area contributed by atoms with E-state index in [9.17, 15) is 0 Å². The van der Waals surface area contributed by atoms with Crippen molar-refractivity contribution < 1.29 is 0 Å². The fourth-order valence-corrected chi connectivity index (χ4v) is 16.6. The molecule has 0 amide bonds. The first-order chi connectivity index (χ1) is 6.62. The monoisotopic (exact) mass is 244 g/mol. The summed E-state index contributed by atoms with van der Waals surface area (Å²) in [4.78, 5) is 0. The Morgan fingerprint density at radius 2 is 0.933 bits per heavy atom. The summed E-state index contributed by atoms with van der Waals surface area (Å²) in [7, 11) is -2.11. The topological polar surface area (TPSA) is 0 Å². The van der Waals surface area contributed by atoms with Gasteiger partial charge >= 0.3 is 0 Å². The molecule has 0 saturated heterocycles. The van der Waals surface area contributed by atoms with Crippen LogP contribution in [0.25, 0.3) is 0 Å². The Bertz CT molecular complexity index is 162. The lowest BCUT2D eigenvalue weighted by atomic mass is 10.1. The standard InChI is InChI=1S/C13H32Si2/c1-9-11-13(12-10-2,14(3,4)5)15(6,7)8/h9-12H2,1-8H3. The molecule has 0 aliphatic heterocycles. The van der Waals surface area contributed by atoms with Gasteiger partial charge in [-0.2, -0.15) is 0 Å². The third-order valence-corrected chi connectivity index (χ3v) is 15.5. The average molecular weight is 245 g/mol. The van der Waals surface area contributed by atoms with Crippen LogP contribution in [0.3, 0.4) is 0 Å². The van der Waals surface area contributed by atoms with E-state index in [2.05, 4.69) is 53.1 Å². The maximum Gasteiger partial charge on any atom is 0.0478 e. The van der Waals surface area contributed by atoms with Crippen molar-refractivity contribution in [1.29, 1.82) is 0 Å². The van der Waals surface area contributed by atoms with Crippen molar-refractivity contribution in [3.63, 3.8) is 0 Å². The highest BCUT2D eigenvalue weighted by atomic mass is 28.4. The van der Waals surface area contributed by atoms with Gasteiger partial charge in [0.25, 0.3) is 0 Å². The first-order valence-electron chi connectivity index (χ1n) is 6.62. The Morgan fingerprint density at radius 1 is 0.667 bits per heavy atom. The molecule has 0 aliphatic carbocycles. The van der Waals surface area contributed by atoms with Gasteiger partial charge < -0.3 is 0 Å². The largest absolute Gasteiger partial charge is 0.0694 e. The van der Waals surface area contributed by atoms with Gasteiger partial charge in [0.2, 0.25) is 0 Å². The minimum atomic E-state index is -1.05. The normalized spacial score (nSPS) is 14.4. The van der Waals surface area contributed by atoms with Gasteiger partial charge in [0, 0.05) is 16.1 Å². The zero-order chi connectivity index (χ0) is 12.3. The van der Waals surface area contributed by atoms with Crippen LogP contribution in [0, 0.1) is 0 Å². The molecule has 15 heavy (non-hydrogen) atoms. The zero-order valence-electron chi connectivity index (χ0n) is 12.3. The highest BCUT2D eigenvalue weighted by Crippen LogP contribution is 2.53. The molecule has 92 valence electrons. The van der Waals surface area contributed by atoms with Gasteiger partial charge in [0.05, 0.1) is 0 Å². The first kappa shape index (κ1) is 15.4. The Morgan fingerprint density at radius 3 is 1.07 bits per heavy atom. The maximum absolute atomic E-state index is 2.59. The molecule has 2 heteroatoms. The van der Waals surface area contributed by atoms with Crippen LogP contribution < -0.4 is 0 Å². The second-order valence-corrected chi connectivity index (χ2v) is 18.5. The van der Waals surface area contributed by atoms with Gasteiger partial charge in [-0.1, -0.05) is 78.8 Å². The Labute approximate surface area is 99.9 Å². The van der Waals surface area contributed by atoms with Gasteiger partial charge in [-0.15, -0.1) is 0 Å².